The van der Waals surface area contributed by atoms with E-state index in [4.69, 9.17) is 5.73 Å². The summed E-state index contributed by atoms with van der Waals surface area (Å²) < 4.78 is 37.3. The summed E-state index contributed by atoms with van der Waals surface area (Å²) in [4.78, 5) is 15.3. The Bertz CT molecular complexity index is 404. The molecule has 0 saturated carbocycles. The summed E-state index contributed by atoms with van der Waals surface area (Å²) in [5, 5.41) is 2.15. The van der Waals surface area contributed by atoms with Gasteiger partial charge in [0.05, 0.1) is 0 Å². The minimum atomic E-state index is -4.78. The highest BCUT2D eigenvalue weighted by atomic mass is 19.4. The molecule has 0 saturated heterocycles. The molecule has 0 bridgehead atoms. The number of rotatable bonds is 4. The monoisotopic (exact) mass is 261 g/mol. The summed E-state index contributed by atoms with van der Waals surface area (Å²) in [6.45, 7) is 0.696. The molecule has 0 fully saturated rings. The van der Waals surface area contributed by atoms with E-state index in [0.29, 0.717) is 19.0 Å². The number of nitrogens with two attached hydrogens (primary N) is 1. The molecule has 1 unspecified atom stereocenters. The van der Waals surface area contributed by atoms with E-state index in [1.54, 1.807) is 24.4 Å². The molecule has 18 heavy (non-hydrogen) atoms. The van der Waals surface area contributed by atoms with Crippen LogP contribution < -0.4 is 11.1 Å². The number of carbonyl (C=O) groups is 1. The molecule has 100 valence electrons. The van der Waals surface area contributed by atoms with E-state index in [9.17, 15) is 18.0 Å². The lowest BCUT2D eigenvalue weighted by molar-refractivity contribution is -0.187. The first-order valence-electron chi connectivity index (χ1n) is 5.29. The van der Waals surface area contributed by atoms with Gasteiger partial charge in [-0.05, 0) is 19.1 Å². The van der Waals surface area contributed by atoms with E-state index < -0.39 is 17.6 Å². The van der Waals surface area contributed by atoms with Gasteiger partial charge in [0.2, 0.25) is 5.91 Å². The van der Waals surface area contributed by atoms with Crippen molar-refractivity contribution < 1.29 is 18.0 Å². The average molecular weight is 261 g/mol. The summed E-state index contributed by atoms with van der Waals surface area (Å²) in [5.74, 6) is -1.24. The number of nitrogens with zero attached hydrogens (tertiary/aromatic N) is 1. The second kappa shape index (κ2) is 5.34. The molecule has 1 aromatic rings. The van der Waals surface area contributed by atoms with Crippen molar-refractivity contribution >= 4 is 5.91 Å². The number of aromatic nitrogens is 1. The summed E-state index contributed by atoms with van der Waals surface area (Å²) in [6.07, 6.45) is -2.86. The summed E-state index contributed by atoms with van der Waals surface area (Å²) in [7, 11) is 0. The van der Waals surface area contributed by atoms with Crippen molar-refractivity contribution in [3.05, 3.63) is 30.1 Å². The molecule has 0 aliphatic carbocycles. The SMILES string of the molecule is CC(N)(C(=O)NCCc1ccccn1)C(F)(F)F. The van der Waals surface area contributed by atoms with Gasteiger partial charge in [-0.25, -0.2) is 0 Å². The maximum absolute atomic E-state index is 12.4. The molecule has 1 amide bonds. The molecule has 1 atom stereocenters. The fourth-order valence-corrected chi connectivity index (χ4v) is 1.16. The van der Waals surface area contributed by atoms with Crippen LogP contribution in [-0.2, 0) is 11.2 Å². The lowest BCUT2D eigenvalue weighted by Gasteiger charge is -2.26. The maximum atomic E-state index is 12.4. The fourth-order valence-electron chi connectivity index (χ4n) is 1.16. The van der Waals surface area contributed by atoms with Gasteiger partial charge in [-0.3, -0.25) is 9.78 Å². The van der Waals surface area contributed by atoms with Crippen LogP contribution in [0.2, 0.25) is 0 Å². The van der Waals surface area contributed by atoms with E-state index in [-0.39, 0.29) is 6.54 Å². The molecule has 1 rings (SSSR count). The van der Waals surface area contributed by atoms with Gasteiger partial charge in [-0.2, -0.15) is 13.2 Å². The van der Waals surface area contributed by atoms with Crippen LogP contribution in [0.15, 0.2) is 24.4 Å². The van der Waals surface area contributed by atoms with Crippen LogP contribution in [0.1, 0.15) is 12.6 Å². The smallest absolute Gasteiger partial charge is 0.354 e. The van der Waals surface area contributed by atoms with Crippen LogP contribution >= 0.6 is 0 Å². The second-order valence-electron chi connectivity index (χ2n) is 4.03. The third-order valence-corrected chi connectivity index (χ3v) is 2.45. The van der Waals surface area contributed by atoms with Gasteiger partial charge in [-0.1, -0.05) is 6.07 Å². The number of pyridine rings is 1. The predicted octanol–water partition coefficient (Wildman–Crippen LogP) is 1.02. The van der Waals surface area contributed by atoms with Crippen molar-refractivity contribution in [2.24, 2.45) is 5.73 Å². The van der Waals surface area contributed by atoms with Crippen LogP contribution in [0.5, 0.6) is 0 Å². The Morgan fingerprint density at radius 3 is 2.61 bits per heavy atom. The van der Waals surface area contributed by atoms with Crippen LogP contribution in [0.3, 0.4) is 0 Å². The Kier molecular flexibility index (Phi) is 4.28. The van der Waals surface area contributed by atoms with Crippen LogP contribution in [0.4, 0.5) is 13.2 Å². The third kappa shape index (κ3) is 3.43. The van der Waals surface area contributed by atoms with Crippen LogP contribution in [0, 0.1) is 0 Å². The Balaban J connectivity index is 2.48. The number of halogens is 3. The fraction of sp³-hybridized carbons (Fsp3) is 0.455. The lowest BCUT2D eigenvalue weighted by Crippen LogP contribution is -2.61. The quantitative estimate of drug-likeness (QED) is 0.850. The van der Waals surface area contributed by atoms with Gasteiger partial charge in [-0.15, -0.1) is 0 Å². The van der Waals surface area contributed by atoms with Crippen molar-refractivity contribution in [3.8, 4) is 0 Å². The summed E-state index contributed by atoms with van der Waals surface area (Å²) in [5.41, 5.74) is 2.77. The average Bonchev–Trinajstić information content (AvgIpc) is 2.28. The van der Waals surface area contributed by atoms with Gasteiger partial charge in [0.1, 0.15) is 0 Å². The molecule has 0 aromatic carbocycles. The van der Waals surface area contributed by atoms with Gasteiger partial charge >= 0.3 is 6.18 Å². The zero-order valence-corrected chi connectivity index (χ0v) is 9.79. The second-order valence-corrected chi connectivity index (χ2v) is 4.03. The van der Waals surface area contributed by atoms with Gasteiger partial charge < -0.3 is 11.1 Å². The molecular weight excluding hydrogens is 247 g/mol. The molecule has 0 spiro atoms. The Morgan fingerprint density at radius 2 is 2.11 bits per heavy atom. The van der Waals surface area contributed by atoms with Gasteiger partial charge in [0.25, 0.3) is 0 Å². The predicted molar refractivity (Wildman–Crippen MR) is 59.6 cm³/mol. The number of alkyl halides is 3. The molecule has 1 aromatic heterocycles. The Hall–Kier alpha value is -1.63. The minimum absolute atomic E-state index is 0.0543. The van der Waals surface area contributed by atoms with Gasteiger partial charge in [0, 0.05) is 24.9 Å². The first-order valence-corrected chi connectivity index (χ1v) is 5.29. The number of hydrogen-bond acceptors (Lipinski definition) is 3. The number of hydrogen-bond donors (Lipinski definition) is 2. The van der Waals surface area contributed by atoms with Crippen molar-refractivity contribution in [1.29, 1.82) is 0 Å². The molecule has 3 N–H and O–H groups in total. The van der Waals surface area contributed by atoms with E-state index in [0.717, 1.165) is 0 Å². The highest BCUT2D eigenvalue weighted by Gasteiger charge is 2.53. The molecule has 0 radical (unpaired) electrons. The summed E-state index contributed by atoms with van der Waals surface area (Å²) in [6, 6.07) is 5.20. The normalized spacial score (nSPS) is 14.9. The maximum Gasteiger partial charge on any atom is 0.415 e. The molecule has 1 heterocycles. The zero-order valence-electron chi connectivity index (χ0n) is 9.79. The molecule has 0 aliphatic heterocycles. The Morgan fingerprint density at radius 1 is 1.44 bits per heavy atom. The first kappa shape index (κ1) is 14.4. The van der Waals surface area contributed by atoms with E-state index in [1.807, 2.05) is 0 Å². The topological polar surface area (TPSA) is 68.0 Å². The number of nitrogens with one attached hydrogen (secondary N) is 1. The first-order chi connectivity index (χ1) is 8.25. The van der Waals surface area contributed by atoms with Crippen molar-refractivity contribution in [2.75, 3.05) is 6.54 Å². The lowest BCUT2D eigenvalue weighted by atomic mass is 10.0. The Labute approximate surface area is 102 Å². The van der Waals surface area contributed by atoms with Crippen molar-refractivity contribution in [3.63, 3.8) is 0 Å². The largest absolute Gasteiger partial charge is 0.415 e. The highest BCUT2D eigenvalue weighted by Crippen LogP contribution is 2.27. The molecule has 4 nitrogen and oxygen atoms in total. The number of amides is 1. The zero-order chi connectivity index (χ0) is 13.8. The van der Waals surface area contributed by atoms with E-state index in [1.165, 1.54) is 0 Å². The van der Waals surface area contributed by atoms with Crippen LogP contribution in [0.25, 0.3) is 0 Å². The highest BCUT2D eigenvalue weighted by molar-refractivity contribution is 5.86. The minimum Gasteiger partial charge on any atom is -0.354 e. The van der Waals surface area contributed by atoms with Crippen molar-refractivity contribution in [1.82, 2.24) is 10.3 Å². The summed E-state index contributed by atoms with van der Waals surface area (Å²) >= 11 is 0. The van der Waals surface area contributed by atoms with Gasteiger partial charge in [0.15, 0.2) is 5.54 Å². The number of carbonyl (C=O) groups excluding carboxylic acids is 1. The third-order valence-electron chi connectivity index (χ3n) is 2.45. The molecule has 7 heteroatoms. The van der Waals surface area contributed by atoms with Crippen LogP contribution in [-0.4, -0.2) is 29.2 Å². The van der Waals surface area contributed by atoms with Crippen molar-refractivity contribution in [2.45, 2.75) is 25.1 Å². The molecule has 0 aliphatic rings. The standard InChI is InChI=1S/C11H14F3N3O/c1-10(15,11(12,13)14)9(18)17-7-5-8-4-2-3-6-16-8/h2-4,6H,5,7,15H2,1H3,(H,17,18). The molecular formula is C11H14F3N3O. The van der Waals surface area contributed by atoms with E-state index in [2.05, 4.69) is 10.3 Å². The van der Waals surface area contributed by atoms with E-state index >= 15 is 0 Å².